The van der Waals surface area contributed by atoms with Crippen LogP contribution in [0, 0.1) is 6.92 Å². The molecule has 1 aliphatic rings. The first-order valence-corrected chi connectivity index (χ1v) is 5.49. The molecule has 1 unspecified atom stereocenters. The molecular formula is C12H17NO3. The minimum atomic E-state index is -0.152. The van der Waals surface area contributed by atoms with E-state index in [2.05, 4.69) is 0 Å². The zero-order valence-corrected chi connectivity index (χ0v) is 9.40. The van der Waals surface area contributed by atoms with E-state index in [9.17, 15) is 0 Å². The summed E-state index contributed by atoms with van der Waals surface area (Å²) in [6.07, 6.45) is 0.556. The van der Waals surface area contributed by atoms with Crippen LogP contribution in [0.2, 0.25) is 0 Å². The van der Waals surface area contributed by atoms with Gasteiger partial charge in [-0.1, -0.05) is 0 Å². The summed E-state index contributed by atoms with van der Waals surface area (Å²) in [5, 5.41) is 8.89. The van der Waals surface area contributed by atoms with Gasteiger partial charge in [0, 0.05) is 12.6 Å². The lowest BCUT2D eigenvalue weighted by Gasteiger charge is -2.22. The molecule has 4 nitrogen and oxygen atoms in total. The van der Waals surface area contributed by atoms with Crippen LogP contribution in [0.25, 0.3) is 0 Å². The van der Waals surface area contributed by atoms with Crippen LogP contribution in [0.1, 0.15) is 23.6 Å². The van der Waals surface area contributed by atoms with Crippen molar-refractivity contribution in [3.8, 4) is 11.5 Å². The van der Waals surface area contributed by atoms with Crippen LogP contribution in [0.15, 0.2) is 12.1 Å². The van der Waals surface area contributed by atoms with Gasteiger partial charge in [0.15, 0.2) is 11.5 Å². The van der Waals surface area contributed by atoms with Crippen LogP contribution < -0.4 is 15.2 Å². The molecule has 1 heterocycles. The lowest BCUT2D eigenvalue weighted by atomic mass is 9.99. The molecule has 0 saturated carbocycles. The Morgan fingerprint density at radius 3 is 2.56 bits per heavy atom. The summed E-state index contributed by atoms with van der Waals surface area (Å²) in [7, 11) is 0. The fourth-order valence-corrected chi connectivity index (χ4v) is 1.90. The third kappa shape index (κ3) is 2.13. The predicted molar refractivity (Wildman–Crippen MR) is 60.8 cm³/mol. The molecule has 0 aliphatic carbocycles. The van der Waals surface area contributed by atoms with E-state index in [-0.39, 0.29) is 12.6 Å². The molecule has 0 amide bonds. The Morgan fingerprint density at radius 1 is 1.31 bits per heavy atom. The summed E-state index contributed by atoms with van der Waals surface area (Å²) in [4.78, 5) is 0. The number of hydrogen-bond acceptors (Lipinski definition) is 4. The third-order valence-electron chi connectivity index (χ3n) is 2.77. The first kappa shape index (κ1) is 11.2. The number of hydrogen-bond donors (Lipinski definition) is 2. The van der Waals surface area contributed by atoms with Crippen molar-refractivity contribution in [2.75, 3.05) is 19.8 Å². The molecule has 0 saturated heterocycles. The highest BCUT2D eigenvalue weighted by Crippen LogP contribution is 2.35. The number of ether oxygens (including phenoxy) is 2. The van der Waals surface area contributed by atoms with Crippen molar-refractivity contribution >= 4 is 0 Å². The Hall–Kier alpha value is -1.26. The number of aliphatic hydroxyl groups excluding tert-OH is 1. The number of rotatable bonds is 3. The summed E-state index contributed by atoms with van der Waals surface area (Å²) in [6, 6.07) is 3.71. The quantitative estimate of drug-likeness (QED) is 0.806. The molecule has 2 rings (SSSR count). The normalized spacial score (nSPS) is 15.9. The van der Waals surface area contributed by atoms with Gasteiger partial charge < -0.3 is 20.3 Å². The Kier molecular flexibility index (Phi) is 3.31. The fourth-order valence-electron chi connectivity index (χ4n) is 1.90. The van der Waals surface area contributed by atoms with Gasteiger partial charge in [-0.2, -0.15) is 0 Å². The van der Waals surface area contributed by atoms with Crippen LogP contribution in [0.4, 0.5) is 0 Å². The van der Waals surface area contributed by atoms with Crippen molar-refractivity contribution in [2.45, 2.75) is 19.4 Å². The van der Waals surface area contributed by atoms with E-state index in [4.69, 9.17) is 20.3 Å². The minimum absolute atomic E-state index is 0.0923. The SMILES string of the molecule is Cc1cc2c(cc1C(N)CCO)OCCO2. The Bertz CT molecular complexity index is 379. The molecule has 3 N–H and O–H groups in total. The summed E-state index contributed by atoms with van der Waals surface area (Å²) in [5.41, 5.74) is 8.07. The first-order chi connectivity index (χ1) is 7.72. The second-order valence-electron chi connectivity index (χ2n) is 3.97. The van der Waals surface area contributed by atoms with Gasteiger partial charge in [0.2, 0.25) is 0 Å². The van der Waals surface area contributed by atoms with Gasteiger partial charge in [-0.15, -0.1) is 0 Å². The Labute approximate surface area is 95.0 Å². The van der Waals surface area contributed by atoms with Gasteiger partial charge in [0.25, 0.3) is 0 Å². The molecule has 88 valence electrons. The first-order valence-electron chi connectivity index (χ1n) is 5.49. The Balaban J connectivity index is 2.31. The minimum Gasteiger partial charge on any atom is -0.486 e. The molecule has 1 aromatic carbocycles. The standard InChI is InChI=1S/C12H17NO3/c1-8-6-11-12(16-5-4-15-11)7-9(8)10(13)2-3-14/h6-7,10,14H,2-5,13H2,1H3. The predicted octanol–water partition coefficient (Wildman–Crippen LogP) is 1.15. The van der Waals surface area contributed by atoms with Crippen LogP contribution in [0.3, 0.4) is 0 Å². The average Bonchev–Trinajstić information content (AvgIpc) is 2.28. The number of nitrogens with two attached hydrogens (primary N) is 1. The van der Waals surface area contributed by atoms with Crippen molar-refractivity contribution < 1.29 is 14.6 Å². The van der Waals surface area contributed by atoms with Crippen molar-refractivity contribution in [3.63, 3.8) is 0 Å². The highest BCUT2D eigenvalue weighted by Gasteiger charge is 2.17. The van der Waals surface area contributed by atoms with E-state index < -0.39 is 0 Å². The molecule has 1 aliphatic heterocycles. The summed E-state index contributed by atoms with van der Waals surface area (Å²) >= 11 is 0. The van der Waals surface area contributed by atoms with Gasteiger partial charge in [-0.05, 0) is 36.6 Å². The maximum Gasteiger partial charge on any atom is 0.161 e. The highest BCUT2D eigenvalue weighted by atomic mass is 16.6. The summed E-state index contributed by atoms with van der Waals surface area (Å²) in [6.45, 7) is 3.25. The highest BCUT2D eigenvalue weighted by molar-refractivity contribution is 5.48. The zero-order chi connectivity index (χ0) is 11.5. The molecular weight excluding hydrogens is 206 g/mol. The molecule has 0 aromatic heterocycles. The number of aliphatic hydroxyl groups is 1. The van der Waals surface area contributed by atoms with E-state index in [1.54, 1.807) is 0 Å². The number of benzene rings is 1. The topological polar surface area (TPSA) is 64.7 Å². The molecule has 0 spiro atoms. The van der Waals surface area contributed by atoms with Crippen molar-refractivity contribution in [1.82, 2.24) is 0 Å². The van der Waals surface area contributed by atoms with Crippen molar-refractivity contribution in [1.29, 1.82) is 0 Å². The van der Waals surface area contributed by atoms with Crippen LogP contribution in [-0.4, -0.2) is 24.9 Å². The van der Waals surface area contributed by atoms with Crippen molar-refractivity contribution in [3.05, 3.63) is 23.3 Å². The summed E-state index contributed by atoms with van der Waals surface area (Å²) in [5.74, 6) is 1.53. The molecule has 0 fully saturated rings. The van der Waals surface area contributed by atoms with E-state index in [0.717, 1.165) is 22.6 Å². The fraction of sp³-hybridized carbons (Fsp3) is 0.500. The molecule has 16 heavy (non-hydrogen) atoms. The monoisotopic (exact) mass is 223 g/mol. The van der Waals surface area contributed by atoms with Crippen LogP contribution >= 0.6 is 0 Å². The van der Waals surface area contributed by atoms with Crippen molar-refractivity contribution in [2.24, 2.45) is 5.73 Å². The van der Waals surface area contributed by atoms with Crippen LogP contribution in [0.5, 0.6) is 11.5 Å². The average molecular weight is 223 g/mol. The van der Waals surface area contributed by atoms with Crippen LogP contribution in [-0.2, 0) is 0 Å². The van der Waals surface area contributed by atoms with Gasteiger partial charge >= 0.3 is 0 Å². The molecule has 1 atom stereocenters. The van der Waals surface area contributed by atoms with E-state index >= 15 is 0 Å². The second-order valence-corrected chi connectivity index (χ2v) is 3.97. The lowest BCUT2D eigenvalue weighted by molar-refractivity contribution is 0.171. The van der Waals surface area contributed by atoms with Gasteiger partial charge in [0.05, 0.1) is 0 Å². The number of aryl methyl sites for hydroxylation is 1. The zero-order valence-electron chi connectivity index (χ0n) is 9.40. The van der Waals surface area contributed by atoms with E-state index in [0.29, 0.717) is 19.6 Å². The third-order valence-corrected chi connectivity index (χ3v) is 2.77. The lowest BCUT2D eigenvalue weighted by Crippen LogP contribution is -2.18. The molecule has 0 radical (unpaired) electrons. The second kappa shape index (κ2) is 4.72. The molecule has 1 aromatic rings. The number of fused-ring (bicyclic) bond motifs is 1. The van der Waals surface area contributed by atoms with E-state index in [1.165, 1.54) is 0 Å². The van der Waals surface area contributed by atoms with Gasteiger partial charge in [0.1, 0.15) is 13.2 Å². The molecule has 0 bridgehead atoms. The van der Waals surface area contributed by atoms with Gasteiger partial charge in [-0.3, -0.25) is 0 Å². The van der Waals surface area contributed by atoms with E-state index in [1.807, 2.05) is 19.1 Å². The maximum absolute atomic E-state index is 8.89. The molecule has 4 heteroatoms. The van der Waals surface area contributed by atoms with Gasteiger partial charge in [-0.25, -0.2) is 0 Å². The Morgan fingerprint density at radius 2 is 1.94 bits per heavy atom. The smallest absolute Gasteiger partial charge is 0.161 e. The largest absolute Gasteiger partial charge is 0.486 e. The maximum atomic E-state index is 8.89. The summed E-state index contributed by atoms with van der Waals surface area (Å²) < 4.78 is 11.0.